The normalized spacial score (nSPS) is 10.5. The second-order valence-corrected chi connectivity index (χ2v) is 6.52. The molecule has 0 saturated carbocycles. The summed E-state index contributed by atoms with van der Waals surface area (Å²) in [5.41, 5.74) is 3.06. The Labute approximate surface area is 179 Å². The van der Waals surface area contributed by atoms with E-state index in [1.165, 1.54) is 6.08 Å². The number of esters is 1. The molecule has 0 amide bonds. The first-order valence-corrected chi connectivity index (χ1v) is 9.42. The zero-order chi connectivity index (χ0) is 22.1. The Morgan fingerprint density at radius 1 is 1.06 bits per heavy atom. The van der Waals surface area contributed by atoms with Crippen LogP contribution < -0.4 is 0 Å². The summed E-state index contributed by atoms with van der Waals surface area (Å²) < 4.78 is 6.88. The highest BCUT2D eigenvalue weighted by Crippen LogP contribution is 2.24. The molecule has 0 radical (unpaired) electrons. The molecule has 1 heterocycles. The van der Waals surface area contributed by atoms with E-state index < -0.39 is 5.97 Å². The third kappa shape index (κ3) is 5.44. The summed E-state index contributed by atoms with van der Waals surface area (Å²) in [5.74, 6) is -0.754. The van der Waals surface area contributed by atoms with Gasteiger partial charge in [-0.05, 0) is 23.8 Å². The van der Waals surface area contributed by atoms with Crippen molar-refractivity contribution in [1.82, 2.24) is 9.78 Å². The van der Waals surface area contributed by atoms with Crippen molar-refractivity contribution < 1.29 is 9.53 Å². The summed E-state index contributed by atoms with van der Waals surface area (Å²) in [6.07, 6.45) is 3.43. The number of carbonyl (C=O) groups is 1. The second-order valence-electron chi connectivity index (χ2n) is 6.52. The maximum Gasteiger partial charge on any atom is 0.349 e. The maximum atomic E-state index is 12.5. The average molecular weight is 407 g/mol. The van der Waals surface area contributed by atoms with E-state index in [2.05, 4.69) is 11.2 Å². The first-order chi connectivity index (χ1) is 15.1. The minimum atomic E-state index is -0.754. The number of aryl methyl sites for hydroxylation is 1. The van der Waals surface area contributed by atoms with Crippen LogP contribution in [0.1, 0.15) is 23.1 Å². The molecule has 0 atom stereocenters. The quantitative estimate of drug-likeness (QED) is 0.332. The van der Waals surface area contributed by atoms with Crippen molar-refractivity contribution in [1.29, 1.82) is 15.8 Å². The number of hydrogen-bond donors (Lipinski definition) is 0. The lowest BCUT2D eigenvalue weighted by Gasteiger charge is -2.04. The molecule has 0 N–H and O–H groups in total. The molecule has 0 aliphatic rings. The van der Waals surface area contributed by atoms with Crippen LogP contribution in [-0.2, 0) is 22.7 Å². The Morgan fingerprint density at radius 3 is 2.45 bits per heavy atom. The van der Waals surface area contributed by atoms with Gasteiger partial charge < -0.3 is 4.74 Å². The number of ether oxygens (including phenoxy) is 1. The first-order valence-electron chi connectivity index (χ1n) is 9.42. The van der Waals surface area contributed by atoms with Crippen molar-refractivity contribution in [3.8, 4) is 29.5 Å². The summed E-state index contributed by atoms with van der Waals surface area (Å²) in [5, 5.41) is 31.7. The van der Waals surface area contributed by atoms with Crippen LogP contribution in [0.25, 0.3) is 17.3 Å². The van der Waals surface area contributed by atoms with Gasteiger partial charge in [0.05, 0.1) is 36.4 Å². The average Bonchev–Trinajstić information content (AvgIpc) is 3.23. The third-order valence-corrected chi connectivity index (χ3v) is 4.38. The zero-order valence-corrected chi connectivity index (χ0v) is 16.5. The summed E-state index contributed by atoms with van der Waals surface area (Å²) in [6, 6.07) is 22.0. The van der Waals surface area contributed by atoms with Crippen LogP contribution >= 0.6 is 0 Å². The van der Waals surface area contributed by atoms with Crippen LogP contribution in [0.5, 0.6) is 0 Å². The Morgan fingerprint density at radius 2 is 1.81 bits per heavy atom. The predicted octanol–water partition coefficient (Wildman–Crippen LogP) is 3.99. The number of hydrogen-bond acceptors (Lipinski definition) is 6. The topological polar surface area (TPSA) is 115 Å². The molecular formula is C24H17N5O2. The number of aromatic nitrogens is 2. The Bertz CT molecular complexity index is 1220. The van der Waals surface area contributed by atoms with E-state index in [1.54, 1.807) is 35.1 Å². The summed E-state index contributed by atoms with van der Waals surface area (Å²) in [6.45, 7) is 0.381. The highest BCUT2D eigenvalue weighted by Gasteiger charge is 2.15. The molecule has 0 fully saturated rings. The number of rotatable bonds is 7. The number of carbonyl (C=O) groups excluding carboxylic acids is 1. The molecule has 0 aliphatic heterocycles. The van der Waals surface area contributed by atoms with E-state index in [1.807, 2.05) is 42.5 Å². The molecule has 0 bridgehead atoms. The van der Waals surface area contributed by atoms with Crippen molar-refractivity contribution in [3.63, 3.8) is 0 Å². The second kappa shape index (κ2) is 10.2. The molecular weight excluding hydrogens is 390 g/mol. The number of benzene rings is 2. The molecule has 1 aromatic heterocycles. The van der Waals surface area contributed by atoms with Crippen LogP contribution in [0.4, 0.5) is 0 Å². The van der Waals surface area contributed by atoms with E-state index in [4.69, 9.17) is 15.3 Å². The van der Waals surface area contributed by atoms with Gasteiger partial charge in [0.25, 0.3) is 0 Å². The number of nitriles is 3. The fraction of sp³-hybridized carbons (Fsp3) is 0.125. The maximum absolute atomic E-state index is 12.5. The fourth-order valence-electron chi connectivity index (χ4n) is 2.84. The van der Waals surface area contributed by atoms with E-state index in [0.717, 1.165) is 5.56 Å². The SMILES string of the molecule is N#CCCn1cc(/C=C(\C#N)C(=O)OCc2ccc(C#N)cc2)c(-c2ccccc2)n1. The van der Waals surface area contributed by atoms with Crippen molar-refractivity contribution in [2.24, 2.45) is 0 Å². The monoisotopic (exact) mass is 407 g/mol. The van der Waals surface area contributed by atoms with Crippen LogP contribution in [-0.4, -0.2) is 15.7 Å². The van der Waals surface area contributed by atoms with Gasteiger partial charge in [-0.1, -0.05) is 42.5 Å². The molecule has 3 aromatic rings. The summed E-state index contributed by atoms with van der Waals surface area (Å²) in [7, 11) is 0. The van der Waals surface area contributed by atoms with Gasteiger partial charge in [0.15, 0.2) is 0 Å². The smallest absolute Gasteiger partial charge is 0.349 e. The molecule has 0 spiro atoms. The van der Waals surface area contributed by atoms with Gasteiger partial charge in [-0.2, -0.15) is 20.9 Å². The molecule has 7 heteroatoms. The lowest BCUT2D eigenvalue weighted by atomic mass is 10.1. The molecule has 0 saturated heterocycles. The van der Waals surface area contributed by atoms with E-state index in [-0.39, 0.29) is 18.6 Å². The predicted molar refractivity (Wildman–Crippen MR) is 112 cm³/mol. The Kier molecular flexibility index (Phi) is 6.93. The van der Waals surface area contributed by atoms with Crippen LogP contribution in [0.15, 0.2) is 66.4 Å². The lowest BCUT2D eigenvalue weighted by molar-refractivity contribution is -0.139. The van der Waals surface area contributed by atoms with Crippen molar-refractivity contribution in [3.05, 3.63) is 83.1 Å². The van der Waals surface area contributed by atoms with Gasteiger partial charge in [0.2, 0.25) is 0 Å². The van der Waals surface area contributed by atoms with Crippen molar-refractivity contribution in [2.45, 2.75) is 19.6 Å². The fourth-order valence-corrected chi connectivity index (χ4v) is 2.84. The number of nitrogens with zero attached hydrogens (tertiary/aromatic N) is 5. The van der Waals surface area contributed by atoms with Gasteiger partial charge in [-0.15, -0.1) is 0 Å². The van der Waals surface area contributed by atoms with Gasteiger partial charge in [-0.25, -0.2) is 4.79 Å². The van der Waals surface area contributed by atoms with E-state index in [0.29, 0.717) is 28.9 Å². The Hall–Kier alpha value is -4.67. The van der Waals surface area contributed by atoms with Gasteiger partial charge >= 0.3 is 5.97 Å². The zero-order valence-electron chi connectivity index (χ0n) is 16.5. The van der Waals surface area contributed by atoms with Crippen LogP contribution in [0, 0.1) is 34.0 Å². The standard InChI is InChI=1S/C24H17N5O2/c25-11-4-12-29-16-22(23(28-29)20-5-2-1-3-6-20)13-21(15-27)24(30)31-17-19-9-7-18(14-26)8-10-19/h1-3,5-10,13,16H,4,12,17H2/b21-13+. The van der Waals surface area contributed by atoms with Crippen molar-refractivity contribution in [2.75, 3.05) is 0 Å². The molecule has 0 unspecified atom stereocenters. The first kappa shape index (κ1) is 21.0. The van der Waals surface area contributed by atoms with Gasteiger partial charge in [0.1, 0.15) is 18.2 Å². The summed E-state index contributed by atoms with van der Waals surface area (Å²) >= 11 is 0. The molecule has 150 valence electrons. The van der Waals surface area contributed by atoms with Crippen LogP contribution in [0.2, 0.25) is 0 Å². The Balaban J connectivity index is 1.84. The molecule has 31 heavy (non-hydrogen) atoms. The van der Waals surface area contributed by atoms with Crippen LogP contribution in [0.3, 0.4) is 0 Å². The van der Waals surface area contributed by atoms with Gasteiger partial charge in [-0.3, -0.25) is 4.68 Å². The highest BCUT2D eigenvalue weighted by molar-refractivity contribution is 5.98. The lowest BCUT2D eigenvalue weighted by Crippen LogP contribution is -2.07. The largest absolute Gasteiger partial charge is 0.457 e. The van der Waals surface area contributed by atoms with E-state index >= 15 is 0 Å². The van der Waals surface area contributed by atoms with E-state index in [9.17, 15) is 10.1 Å². The third-order valence-electron chi connectivity index (χ3n) is 4.38. The molecule has 0 aliphatic carbocycles. The minimum Gasteiger partial charge on any atom is -0.457 e. The highest BCUT2D eigenvalue weighted by atomic mass is 16.5. The summed E-state index contributed by atoms with van der Waals surface area (Å²) in [4.78, 5) is 12.5. The molecule has 7 nitrogen and oxygen atoms in total. The molecule has 3 rings (SSSR count). The van der Waals surface area contributed by atoms with Gasteiger partial charge in [0, 0.05) is 17.3 Å². The molecule has 2 aromatic carbocycles. The van der Waals surface area contributed by atoms with Crippen molar-refractivity contribution >= 4 is 12.0 Å². The minimum absolute atomic E-state index is 0.0173.